The Labute approximate surface area is 127 Å². The Morgan fingerprint density at radius 1 is 1.26 bits per heavy atom. The highest BCUT2D eigenvalue weighted by atomic mass is 79.9. The van der Waals surface area contributed by atoms with E-state index in [2.05, 4.69) is 30.9 Å². The van der Waals surface area contributed by atoms with Gasteiger partial charge in [-0.25, -0.2) is 15.0 Å². The molecule has 3 rings (SSSR count). The number of hydrogen-bond acceptors (Lipinski definition) is 5. The predicted octanol–water partition coefficient (Wildman–Crippen LogP) is 3.86. The fraction of sp³-hybridized carbons (Fsp3) is 0.250. The summed E-state index contributed by atoms with van der Waals surface area (Å²) in [4.78, 5) is 14.4. The maximum absolute atomic E-state index is 4.59. The highest BCUT2D eigenvalue weighted by molar-refractivity contribution is 9.10. The number of thiazole rings is 1. The van der Waals surface area contributed by atoms with Crippen LogP contribution in [0.15, 0.2) is 27.4 Å². The van der Waals surface area contributed by atoms with Crippen LogP contribution >= 0.6 is 39.0 Å². The molecule has 3 aromatic heterocycles. The average molecular weight is 355 g/mol. The zero-order valence-electron chi connectivity index (χ0n) is 10.4. The van der Waals surface area contributed by atoms with Crippen LogP contribution < -0.4 is 0 Å². The predicted molar refractivity (Wildman–Crippen MR) is 81.8 cm³/mol. The van der Waals surface area contributed by atoms with Gasteiger partial charge in [-0.05, 0) is 35.8 Å². The highest BCUT2D eigenvalue weighted by Crippen LogP contribution is 2.27. The number of aromatic nitrogens is 4. The monoisotopic (exact) mass is 354 g/mol. The Hall–Kier alpha value is -0.920. The first-order chi connectivity index (χ1) is 9.13. The largest absolute Gasteiger partial charge is 0.284 e. The van der Waals surface area contributed by atoms with Gasteiger partial charge in [0.2, 0.25) is 0 Å². The van der Waals surface area contributed by atoms with Crippen molar-refractivity contribution in [2.45, 2.75) is 24.8 Å². The zero-order chi connectivity index (χ0) is 13.4. The van der Waals surface area contributed by atoms with Gasteiger partial charge in [-0.3, -0.25) is 4.40 Å². The first-order valence-electron chi connectivity index (χ1n) is 5.68. The van der Waals surface area contributed by atoms with Crippen molar-refractivity contribution in [3.05, 3.63) is 39.3 Å². The fourth-order valence-electron chi connectivity index (χ4n) is 1.79. The molecule has 0 unspecified atom stereocenters. The van der Waals surface area contributed by atoms with Crippen LogP contribution in [0, 0.1) is 13.8 Å². The van der Waals surface area contributed by atoms with Gasteiger partial charge in [0.25, 0.3) is 0 Å². The first kappa shape index (κ1) is 13.1. The topological polar surface area (TPSA) is 43.1 Å². The number of rotatable bonds is 3. The van der Waals surface area contributed by atoms with E-state index < -0.39 is 0 Å². The summed E-state index contributed by atoms with van der Waals surface area (Å²) in [5.74, 6) is 0.762. The molecule has 0 saturated heterocycles. The molecule has 19 heavy (non-hydrogen) atoms. The van der Waals surface area contributed by atoms with Gasteiger partial charge in [-0.15, -0.1) is 11.3 Å². The second kappa shape index (κ2) is 5.22. The van der Waals surface area contributed by atoms with E-state index >= 15 is 0 Å². The summed E-state index contributed by atoms with van der Waals surface area (Å²) in [6, 6.07) is 1.98. The van der Waals surface area contributed by atoms with Crippen molar-refractivity contribution >= 4 is 44.0 Å². The summed E-state index contributed by atoms with van der Waals surface area (Å²) in [5.41, 5.74) is 3.03. The molecule has 0 aliphatic heterocycles. The second-order valence-electron chi connectivity index (χ2n) is 4.13. The lowest BCUT2D eigenvalue weighted by molar-refractivity contribution is 0.901. The van der Waals surface area contributed by atoms with E-state index in [-0.39, 0.29) is 0 Å². The zero-order valence-corrected chi connectivity index (χ0v) is 13.6. The molecule has 0 spiro atoms. The van der Waals surface area contributed by atoms with Crippen LogP contribution in [0.3, 0.4) is 0 Å². The van der Waals surface area contributed by atoms with E-state index in [9.17, 15) is 0 Å². The number of halogens is 1. The third-order valence-corrected chi connectivity index (χ3v) is 5.02. The SMILES string of the molecule is Cc1cc(C)nc(SCc2nc3sccn3c2Br)n1. The maximum atomic E-state index is 4.59. The lowest BCUT2D eigenvalue weighted by atomic mass is 10.4. The summed E-state index contributed by atoms with van der Waals surface area (Å²) in [6.07, 6.45) is 2.01. The molecule has 4 nitrogen and oxygen atoms in total. The lowest BCUT2D eigenvalue weighted by Gasteiger charge is -2.01. The van der Waals surface area contributed by atoms with Crippen LogP contribution in [0.5, 0.6) is 0 Å². The van der Waals surface area contributed by atoms with E-state index in [4.69, 9.17) is 0 Å². The Morgan fingerprint density at radius 2 is 2.00 bits per heavy atom. The van der Waals surface area contributed by atoms with E-state index in [1.807, 2.05) is 35.9 Å². The van der Waals surface area contributed by atoms with Gasteiger partial charge in [0, 0.05) is 28.7 Å². The molecular weight excluding hydrogens is 344 g/mol. The van der Waals surface area contributed by atoms with E-state index in [1.165, 1.54) is 0 Å². The minimum atomic E-state index is 0.762. The normalized spacial score (nSPS) is 11.3. The van der Waals surface area contributed by atoms with E-state index in [1.54, 1.807) is 23.1 Å². The molecule has 0 aromatic carbocycles. The third kappa shape index (κ3) is 2.68. The molecule has 0 N–H and O–H groups in total. The molecular formula is C12H11BrN4S2. The van der Waals surface area contributed by atoms with Crippen molar-refractivity contribution in [1.82, 2.24) is 19.4 Å². The van der Waals surface area contributed by atoms with E-state index in [0.717, 1.165) is 37.6 Å². The summed E-state index contributed by atoms with van der Waals surface area (Å²) < 4.78 is 3.06. The minimum Gasteiger partial charge on any atom is -0.284 e. The summed E-state index contributed by atoms with van der Waals surface area (Å²) in [7, 11) is 0. The maximum Gasteiger partial charge on any atom is 0.194 e. The van der Waals surface area contributed by atoms with Crippen LogP contribution in [-0.2, 0) is 5.75 Å². The Bertz CT molecular complexity index is 714. The lowest BCUT2D eigenvalue weighted by Crippen LogP contribution is -1.93. The number of fused-ring (bicyclic) bond motifs is 1. The summed E-state index contributed by atoms with van der Waals surface area (Å²) in [6.45, 7) is 3.97. The van der Waals surface area contributed by atoms with Crippen LogP contribution in [0.25, 0.3) is 4.96 Å². The molecule has 0 atom stereocenters. The number of thioether (sulfide) groups is 1. The first-order valence-corrected chi connectivity index (χ1v) is 8.34. The number of hydrogen-bond donors (Lipinski definition) is 0. The van der Waals surface area contributed by atoms with Gasteiger partial charge in [-0.2, -0.15) is 0 Å². The van der Waals surface area contributed by atoms with Crippen molar-refractivity contribution in [3.8, 4) is 0 Å². The standard InChI is InChI=1S/C12H11BrN4S2/c1-7-5-8(2)15-11(14-7)19-6-9-10(13)17-3-4-18-12(17)16-9/h3-5H,6H2,1-2H3. The van der Waals surface area contributed by atoms with Crippen LogP contribution in [0.4, 0.5) is 0 Å². The molecule has 98 valence electrons. The van der Waals surface area contributed by atoms with Crippen LogP contribution in [0.1, 0.15) is 17.1 Å². The quantitative estimate of drug-likeness (QED) is 0.529. The van der Waals surface area contributed by atoms with Gasteiger partial charge in [0.15, 0.2) is 10.1 Å². The van der Waals surface area contributed by atoms with Gasteiger partial charge in [-0.1, -0.05) is 11.8 Å². The smallest absolute Gasteiger partial charge is 0.194 e. The average Bonchev–Trinajstić information content (AvgIpc) is 2.89. The van der Waals surface area contributed by atoms with Gasteiger partial charge in [0.05, 0.1) is 5.69 Å². The number of nitrogens with zero attached hydrogens (tertiary/aromatic N) is 4. The molecule has 0 aliphatic carbocycles. The Balaban J connectivity index is 1.81. The number of imidazole rings is 1. The molecule has 3 aromatic rings. The summed E-state index contributed by atoms with van der Waals surface area (Å²) in [5, 5.41) is 2.83. The fourth-order valence-corrected chi connectivity index (χ4v) is 4.22. The van der Waals surface area contributed by atoms with Crippen molar-refractivity contribution < 1.29 is 0 Å². The summed E-state index contributed by atoms with van der Waals surface area (Å²) >= 11 is 6.83. The van der Waals surface area contributed by atoms with Crippen molar-refractivity contribution in [2.24, 2.45) is 0 Å². The number of aryl methyl sites for hydroxylation is 2. The van der Waals surface area contributed by atoms with Crippen molar-refractivity contribution in [1.29, 1.82) is 0 Å². The Kier molecular flexibility index (Phi) is 3.60. The minimum absolute atomic E-state index is 0.762. The molecule has 0 radical (unpaired) electrons. The van der Waals surface area contributed by atoms with Gasteiger partial charge >= 0.3 is 0 Å². The van der Waals surface area contributed by atoms with Gasteiger partial charge < -0.3 is 0 Å². The molecule has 0 bridgehead atoms. The molecule has 0 fully saturated rings. The highest BCUT2D eigenvalue weighted by Gasteiger charge is 2.11. The molecule has 7 heteroatoms. The Morgan fingerprint density at radius 3 is 2.68 bits per heavy atom. The second-order valence-corrected chi connectivity index (χ2v) is 6.69. The third-order valence-electron chi connectivity index (χ3n) is 2.57. The van der Waals surface area contributed by atoms with Crippen LogP contribution in [0.2, 0.25) is 0 Å². The van der Waals surface area contributed by atoms with Crippen molar-refractivity contribution in [2.75, 3.05) is 0 Å². The van der Waals surface area contributed by atoms with E-state index in [0.29, 0.717) is 0 Å². The van der Waals surface area contributed by atoms with Gasteiger partial charge in [0.1, 0.15) is 4.60 Å². The molecule has 0 aliphatic rings. The molecule has 0 amide bonds. The molecule has 3 heterocycles. The van der Waals surface area contributed by atoms with Crippen LogP contribution in [-0.4, -0.2) is 19.4 Å². The molecule has 0 saturated carbocycles. The van der Waals surface area contributed by atoms with Crippen molar-refractivity contribution in [3.63, 3.8) is 0 Å².